The van der Waals surface area contributed by atoms with Gasteiger partial charge < -0.3 is 9.64 Å². The quantitative estimate of drug-likeness (QED) is 0.594. The van der Waals surface area contributed by atoms with Crippen LogP contribution in [0.1, 0.15) is 18.9 Å². The summed E-state index contributed by atoms with van der Waals surface area (Å²) in [5.74, 6) is -1.37. The van der Waals surface area contributed by atoms with E-state index in [1.54, 1.807) is 18.2 Å². The van der Waals surface area contributed by atoms with Gasteiger partial charge in [0.15, 0.2) is 16.4 Å². The molecule has 0 radical (unpaired) electrons. The number of benzene rings is 1. The maximum absolute atomic E-state index is 12.2. The van der Waals surface area contributed by atoms with E-state index in [-0.39, 0.29) is 22.2 Å². The van der Waals surface area contributed by atoms with Crippen molar-refractivity contribution in [1.82, 2.24) is 9.62 Å². The van der Waals surface area contributed by atoms with Gasteiger partial charge in [0.1, 0.15) is 11.9 Å². The van der Waals surface area contributed by atoms with Gasteiger partial charge in [0.25, 0.3) is 15.9 Å². The van der Waals surface area contributed by atoms with Crippen LogP contribution in [-0.4, -0.2) is 76.7 Å². The second kappa shape index (κ2) is 7.75. The molecule has 0 aromatic heterocycles. The standard InChI is InChI=1S/C17H21N3O7S2/c1-11(18-16-13-5-3-4-6-14(13)29(25,26)19-16)17(22)27-9-15(21)20(2)12-7-8-28(23,24)10-12/h3-6,11-12H,7-10H2,1-2H3,(H,18,19)/t11-,12+/m0/s1. The predicted molar refractivity (Wildman–Crippen MR) is 104 cm³/mol. The van der Waals surface area contributed by atoms with Crippen LogP contribution in [0.15, 0.2) is 34.2 Å². The predicted octanol–water partition coefficient (Wildman–Crippen LogP) is -0.698. The monoisotopic (exact) mass is 443 g/mol. The zero-order valence-electron chi connectivity index (χ0n) is 15.9. The van der Waals surface area contributed by atoms with E-state index in [4.69, 9.17) is 4.74 Å². The number of rotatable bonds is 5. The van der Waals surface area contributed by atoms with E-state index in [1.807, 2.05) is 0 Å². The second-order valence-electron chi connectivity index (χ2n) is 6.92. The van der Waals surface area contributed by atoms with Crippen LogP contribution in [0.2, 0.25) is 0 Å². The van der Waals surface area contributed by atoms with E-state index in [2.05, 4.69) is 9.71 Å². The average molecular weight is 444 g/mol. The number of esters is 1. The van der Waals surface area contributed by atoms with Crippen LogP contribution in [0, 0.1) is 0 Å². The molecule has 0 saturated carbocycles. The molecule has 1 fully saturated rings. The van der Waals surface area contributed by atoms with Gasteiger partial charge in [-0.3, -0.25) is 14.5 Å². The number of fused-ring (bicyclic) bond motifs is 1. The summed E-state index contributed by atoms with van der Waals surface area (Å²) in [6.45, 7) is 0.867. The molecule has 0 aliphatic carbocycles. The summed E-state index contributed by atoms with van der Waals surface area (Å²) in [6, 6.07) is 4.74. The molecule has 1 saturated heterocycles. The van der Waals surface area contributed by atoms with E-state index in [9.17, 15) is 26.4 Å². The molecule has 2 atom stereocenters. The Kier molecular flexibility index (Phi) is 5.68. The summed E-state index contributed by atoms with van der Waals surface area (Å²) in [5.41, 5.74) is 0.352. The van der Waals surface area contributed by atoms with Gasteiger partial charge in [-0.15, -0.1) is 0 Å². The Morgan fingerprint density at radius 1 is 1.28 bits per heavy atom. The SMILES string of the molecule is C[C@H](N=C1NS(=O)(=O)c2ccccc21)C(=O)OCC(=O)N(C)[C@@H]1CCS(=O)(=O)C1. The van der Waals surface area contributed by atoms with Crippen LogP contribution < -0.4 is 4.72 Å². The number of ether oxygens (including phenoxy) is 1. The van der Waals surface area contributed by atoms with Crippen molar-refractivity contribution in [2.45, 2.75) is 30.3 Å². The lowest BCUT2D eigenvalue weighted by Crippen LogP contribution is -2.40. The molecule has 2 aliphatic heterocycles. The van der Waals surface area contributed by atoms with Crippen molar-refractivity contribution in [3.8, 4) is 0 Å². The number of carbonyl (C=O) groups excluding carboxylic acids is 2. The molecule has 10 nitrogen and oxygen atoms in total. The number of hydrogen-bond acceptors (Lipinski definition) is 8. The Labute approximate surface area is 168 Å². The number of sulfone groups is 1. The van der Waals surface area contributed by atoms with Gasteiger partial charge in [0, 0.05) is 18.7 Å². The second-order valence-corrected chi connectivity index (χ2v) is 10.8. The fourth-order valence-electron chi connectivity index (χ4n) is 3.12. The molecule has 1 amide bonds. The molecule has 1 aromatic rings. The Balaban J connectivity index is 1.60. The van der Waals surface area contributed by atoms with E-state index in [0.717, 1.165) is 0 Å². The minimum atomic E-state index is -3.72. The van der Waals surface area contributed by atoms with Crippen LogP contribution in [0.4, 0.5) is 0 Å². The fourth-order valence-corrected chi connectivity index (χ4v) is 6.13. The maximum atomic E-state index is 12.2. The summed E-state index contributed by atoms with van der Waals surface area (Å²) >= 11 is 0. The Bertz CT molecular complexity index is 1080. The van der Waals surface area contributed by atoms with Crippen molar-refractivity contribution in [2.24, 2.45) is 4.99 Å². The molecule has 0 spiro atoms. The van der Waals surface area contributed by atoms with E-state index >= 15 is 0 Å². The third-order valence-corrected chi connectivity index (χ3v) is 7.96. The third-order valence-electron chi connectivity index (χ3n) is 4.81. The minimum absolute atomic E-state index is 0.0288. The molecular weight excluding hydrogens is 422 g/mol. The van der Waals surface area contributed by atoms with Crippen molar-refractivity contribution in [1.29, 1.82) is 0 Å². The van der Waals surface area contributed by atoms with Gasteiger partial charge >= 0.3 is 5.97 Å². The van der Waals surface area contributed by atoms with E-state index in [0.29, 0.717) is 12.0 Å². The molecular formula is C17H21N3O7S2. The number of sulfonamides is 1. The molecule has 1 N–H and O–H groups in total. The van der Waals surface area contributed by atoms with Crippen LogP contribution in [0.3, 0.4) is 0 Å². The summed E-state index contributed by atoms with van der Waals surface area (Å²) in [6.07, 6.45) is 0.349. The van der Waals surface area contributed by atoms with Crippen LogP contribution in [-0.2, 0) is 34.2 Å². The Hall–Kier alpha value is -2.47. The van der Waals surface area contributed by atoms with Gasteiger partial charge in [-0.1, -0.05) is 12.1 Å². The summed E-state index contributed by atoms with van der Waals surface area (Å²) in [7, 11) is -5.40. The fraction of sp³-hybridized carbons (Fsp3) is 0.471. The van der Waals surface area contributed by atoms with Crippen LogP contribution in [0.25, 0.3) is 0 Å². The first-order valence-electron chi connectivity index (χ1n) is 8.83. The van der Waals surface area contributed by atoms with Crippen molar-refractivity contribution in [2.75, 3.05) is 25.2 Å². The first-order valence-corrected chi connectivity index (χ1v) is 12.1. The van der Waals surface area contributed by atoms with E-state index < -0.39 is 50.4 Å². The molecule has 0 unspecified atom stereocenters. The van der Waals surface area contributed by atoms with Gasteiger partial charge in [-0.2, -0.15) is 0 Å². The number of likely N-dealkylation sites (N-methyl/N-ethyl adjacent to an activating group) is 1. The van der Waals surface area contributed by atoms with Crippen LogP contribution in [0.5, 0.6) is 0 Å². The minimum Gasteiger partial charge on any atom is -0.454 e. The van der Waals surface area contributed by atoms with Crippen LogP contribution >= 0.6 is 0 Å². The number of nitrogens with one attached hydrogen (secondary N) is 1. The number of hydrogen-bond donors (Lipinski definition) is 1. The summed E-state index contributed by atoms with van der Waals surface area (Å²) in [4.78, 5) is 29.8. The largest absolute Gasteiger partial charge is 0.454 e. The molecule has 158 valence electrons. The maximum Gasteiger partial charge on any atom is 0.331 e. The van der Waals surface area contributed by atoms with Crippen molar-refractivity contribution < 1.29 is 31.2 Å². The van der Waals surface area contributed by atoms with Gasteiger partial charge in [-0.25, -0.2) is 21.6 Å². The van der Waals surface area contributed by atoms with Crippen molar-refractivity contribution in [3.05, 3.63) is 29.8 Å². The first kappa shape index (κ1) is 21.2. The lowest BCUT2D eigenvalue weighted by Gasteiger charge is -2.23. The van der Waals surface area contributed by atoms with Gasteiger partial charge in [-0.05, 0) is 25.5 Å². The smallest absolute Gasteiger partial charge is 0.331 e. The van der Waals surface area contributed by atoms with Crippen molar-refractivity contribution >= 4 is 37.6 Å². The molecule has 12 heteroatoms. The molecule has 3 rings (SSSR count). The molecule has 0 bridgehead atoms. The molecule has 29 heavy (non-hydrogen) atoms. The Morgan fingerprint density at radius 2 is 1.97 bits per heavy atom. The summed E-state index contributed by atoms with van der Waals surface area (Å²) in [5, 5.41) is 0. The number of amidine groups is 1. The molecule has 2 heterocycles. The number of amides is 1. The highest BCUT2D eigenvalue weighted by Crippen LogP contribution is 2.22. The zero-order valence-corrected chi connectivity index (χ0v) is 17.5. The highest BCUT2D eigenvalue weighted by molar-refractivity contribution is 7.91. The molecule has 1 aromatic carbocycles. The van der Waals surface area contributed by atoms with Gasteiger partial charge in [0.2, 0.25) is 0 Å². The third kappa shape index (κ3) is 4.58. The summed E-state index contributed by atoms with van der Waals surface area (Å²) < 4.78 is 54.5. The van der Waals surface area contributed by atoms with E-state index in [1.165, 1.54) is 24.9 Å². The average Bonchev–Trinajstić information content (AvgIpc) is 3.15. The number of aliphatic imine (C=N–C) groups is 1. The Morgan fingerprint density at radius 3 is 2.62 bits per heavy atom. The lowest BCUT2D eigenvalue weighted by molar-refractivity contribution is -0.152. The first-order chi connectivity index (χ1) is 13.5. The topological polar surface area (TPSA) is 139 Å². The molecule has 2 aliphatic rings. The number of nitrogens with zero attached hydrogens (tertiary/aromatic N) is 2. The highest BCUT2D eigenvalue weighted by atomic mass is 32.2. The highest BCUT2D eigenvalue weighted by Gasteiger charge is 2.34. The van der Waals surface area contributed by atoms with Crippen molar-refractivity contribution in [3.63, 3.8) is 0 Å². The van der Waals surface area contributed by atoms with Gasteiger partial charge in [0.05, 0.1) is 16.4 Å². The zero-order chi connectivity index (χ0) is 21.4. The lowest BCUT2D eigenvalue weighted by atomic mass is 10.2. The normalized spacial score (nSPS) is 23.8. The number of carbonyl (C=O) groups is 2.